The lowest BCUT2D eigenvalue weighted by Gasteiger charge is -2.15. The summed E-state index contributed by atoms with van der Waals surface area (Å²) in [6, 6.07) is 0.561. The summed E-state index contributed by atoms with van der Waals surface area (Å²) in [5.41, 5.74) is -1.72. The van der Waals surface area contributed by atoms with E-state index in [1.54, 1.807) is 0 Å². The summed E-state index contributed by atoms with van der Waals surface area (Å²) in [5, 5.41) is 0. The summed E-state index contributed by atoms with van der Waals surface area (Å²) in [5.74, 6) is -1.91. The number of aromatic nitrogens is 1. The van der Waals surface area contributed by atoms with Crippen molar-refractivity contribution >= 4 is 6.29 Å². The molecule has 0 aliphatic carbocycles. The number of nitrogens with zero attached hydrogens (tertiary/aromatic N) is 1. The molecule has 1 rings (SSSR count). The monoisotopic (exact) mass is 271 g/mol. The first-order valence-electron chi connectivity index (χ1n) is 4.36. The van der Waals surface area contributed by atoms with E-state index < -0.39 is 35.7 Å². The van der Waals surface area contributed by atoms with Gasteiger partial charge in [0.05, 0.1) is 7.11 Å². The van der Waals surface area contributed by atoms with Crippen molar-refractivity contribution in [3.63, 3.8) is 0 Å². The minimum atomic E-state index is -5.10. The standard InChI is InChI=1S/C9H6F5NO3/c1-17-7-5(18-9(12,13)14)2-4(3-16)15-6(7)8(10)11/h2-3,8H,1H3. The molecule has 0 N–H and O–H groups in total. The van der Waals surface area contributed by atoms with Crippen LogP contribution in [0.15, 0.2) is 6.07 Å². The van der Waals surface area contributed by atoms with Crippen LogP contribution >= 0.6 is 0 Å². The first-order chi connectivity index (χ1) is 8.28. The number of methoxy groups -OCH3 is 1. The second-order valence-corrected chi connectivity index (χ2v) is 2.93. The van der Waals surface area contributed by atoms with Crippen molar-refractivity contribution < 1.29 is 36.2 Å². The van der Waals surface area contributed by atoms with Crippen LogP contribution in [0, 0.1) is 0 Å². The third-order valence-corrected chi connectivity index (χ3v) is 1.74. The molecular weight excluding hydrogens is 265 g/mol. The van der Waals surface area contributed by atoms with E-state index >= 15 is 0 Å². The number of pyridine rings is 1. The number of carbonyl (C=O) groups excluding carboxylic acids is 1. The van der Waals surface area contributed by atoms with Gasteiger partial charge in [0.25, 0.3) is 6.43 Å². The van der Waals surface area contributed by atoms with Crippen LogP contribution in [-0.4, -0.2) is 24.7 Å². The van der Waals surface area contributed by atoms with Crippen molar-refractivity contribution in [1.29, 1.82) is 0 Å². The van der Waals surface area contributed by atoms with Gasteiger partial charge < -0.3 is 9.47 Å². The van der Waals surface area contributed by atoms with Gasteiger partial charge in [-0.1, -0.05) is 0 Å². The van der Waals surface area contributed by atoms with Gasteiger partial charge in [-0.15, -0.1) is 13.2 Å². The topological polar surface area (TPSA) is 48.4 Å². The highest BCUT2D eigenvalue weighted by Crippen LogP contribution is 2.38. The van der Waals surface area contributed by atoms with E-state index in [9.17, 15) is 26.7 Å². The maximum atomic E-state index is 12.5. The fraction of sp³-hybridized carbons (Fsp3) is 0.333. The molecule has 0 radical (unpaired) electrons. The summed E-state index contributed by atoms with van der Waals surface area (Å²) in [4.78, 5) is 13.6. The zero-order chi connectivity index (χ0) is 13.9. The van der Waals surface area contributed by atoms with Gasteiger partial charge in [-0.3, -0.25) is 4.79 Å². The third kappa shape index (κ3) is 3.28. The van der Waals surface area contributed by atoms with Gasteiger partial charge >= 0.3 is 6.36 Å². The minimum Gasteiger partial charge on any atom is -0.491 e. The average molecular weight is 271 g/mol. The Bertz CT molecular complexity index is 447. The van der Waals surface area contributed by atoms with Crippen LogP contribution in [0.1, 0.15) is 22.6 Å². The van der Waals surface area contributed by atoms with Crippen LogP contribution in [0.3, 0.4) is 0 Å². The Morgan fingerprint density at radius 2 is 2.00 bits per heavy atom. The summed E-state index contributed by atoms with van der Waals surface area (Å²) in [6.07, 6.45) is -8.29. The molecule has 0 saturated heterocycles. The number of alkyl halides is 5. The molecule has 0 spiro atoms. The Balaban J connectivity index is 3.37. The van der Waals surface area contributed by atoms with E-state index in [1.165, 1.54) is 0 Å². The second kappa shape index (κ2) is 5.15. The minimum absolute atomic E-state index is 0.0224. The van der Waals surface area contributed by atoms with Crippen molar-refractivity contribution in [2.24, 2.45) is 0 Å². The molecule has 18 heavy (non-hydrogen) atoms. The van der Waals surface area contributed by atoms with E-state index in [-0.39, 0.29) is 6.29 Å². The molecule has 0 aliphatic heterocycles. The summed E-state index contributed by atoms with van der Waals surface area (Å²) in [7, 11) is 0.882. The largest absolute Gasteiger partial charge is 0.573 e. The van der Waals surface area contributed by atoms with Gasteiger partial charge in [0.15, 0.2) is 23.5 Å². The number of halogens is 5. The molecule has 0 amide bonds. The zero-order valence-electron chi connectivity index (χ0n) is 8.79. The van der Waals surface area contributed by atoms with Crippen LogP contribution < -0.4 is 9.47 Å². The van der Waals surface area contributed by atoms with Crippen LogP contribution in [-0.2, 0) is 0 Å². The number of aldehydes is 1. The molecule has 0 fully saturated rings. The molecule has 1 aromatic heterocycles. The number of carbonyl (C=O) groups is 1. The second-order valence-electron chi connectivity index (χ2n) is 2.93. The van der Waals surface area contributed by atoms with Gasteiger partial charge in [0.1, 0.15) is 5.69 Å². The molecule has 100 valence electrons. The first kappa shape index (κ1) is 14.1. The van der Waals surface area contributed by atoms with Crippen molar-refractivity contribution in [2.75, 3.05) is 7.11 Å². The molecular formula is C9H6F5NO3. The summed E-state index contributed by atoms with van der Waals surface area (Å²) >= 11 is 0. The Morgan fingerprint density at radius 3 is 2.39 bits per heavy atom. The Labute approximate surface area is 97.3 Å². The quantitative estimate of drug-likeness (QED) is 0.624. The van der Waals surface area contributed by atoms with E-state index in [2.05, 4.69) is 14.5 Å². The van der Waals surface area contributed by atoms with Gasteiger partial charge in [-0.2, -0.15) is 0 Å². The average Bonchev–Trinajstić information content (AvgIpc) is 2.25. The van der Waals surface area contributed by atoms with Crippen LogP contribution in [0.4, 0.5) is 22.0 Å². The maximum Gasteiger partial charge on any atom is 0.573 e. The highest BCUT2D eigenvalue weighted by atomic mass is 19.4. The molecule has 9 heteroatoms. The number of hydrogen-bond donors (Lipinski definition) is 0. The Kier molecular flexibility index (Phi) is 4.04. The first-order valence-corrected chi connectivity index (χ1v) is 4.36. The van der Waals surface area contributed by atoms with Gasteiger partial charge in [-0.25, -0.2) is 13.8 Å². The Morgan fingerprint density at radius 1 is 1.39 bits per heavy atom. The molecule has 0 aliphatic rings. The van der Waals surface area contributed by atoms with E-state index in [4.69, 9.17) is 0 Å². The maximum absolute atomic E-state index is 12.5. The van der Waals surface area contributed by atoms with Crippen LogP contribution in [0.5, 0.6) is 11.5 Å². The molecule has 0 aromatic carbocycles. The molecule has 1 aromatic rings. The van der Waals surface area contributed by atoms with Crippen LogP contribution in [0.25, 0.3) is 0 Å². The molecule has 4 nitrogen and oxygen atoms in total. The number of hydrogen-bond acceptors (Lipinski definition) is 4. The van der Waals surface area contributed by atoms with Crippen molar-refractivity contribution in [3.05, 3.63) is 17.5 Å². The molecule has 0 atom stereocenters. The van der Waals surface area contributed by atoms with Crippen molar-refractivity contribution in [2.45, 2.75) is 12.8 Å². The summed E-state index contributed by atoms with van der Waals surface area (Å²) < 4.78 is 69.2. The lowest BCUT2D eigenvalue weighted by atomic mass is 10.2. The van der Waals surface area contributed by atoms with Gasteiger partial charge in [0, 0.05) is 6.07 Å². The SMILES string of the molecule is COc1c(OC(F)(F)F)cc(C=O)nc1C(F)F. The van der Waals surface area contributed by atoms with Gasteiger partial charge in [-0.05, 0) is 0 Å². The fourth-order valence-corrected chi connectivity index (χ4v) is 1.16. The summed E-state index contributed by atoms with van der Waals surface area (Å²) in [6.45, 7) is 0. The smallest absolute Gasteiger partial charge is 0.491 e. The zero-order valence-corrected chi connectivity index (χ0v) is 8.79. The molecule has 0 unspecified atom stereocenters. The van der Waals surface area contributed by atoms with E-state index in [0.29, 0.717) is 6.07 Å². The van der Waals surface area contributed by atoms with Crippen molar-refractivity contribution in [3.8, 4) is 11.5 Å². The predicted molar refractivity (Wildman–Crippen MR) is 47.8 cm³/mol. The number of rotatable bonds is 4. The van der Waals surface area contributed by atoms with E-state index in [1.807, 2.05) is 0 Å². The normalized spacial score (nSPS) is 11.5. The highest BCUT2D eigenvalue weighted by molar-refractivity contribution is 5.73. The predicted octanol–water partition coefficient (Wildman–Crippen LogP) is 2.74. The lowest BCUT2D eigenvalue weighted by Crippen LogP contribution is -2.18. The Hall–Kier alpha value is -1.93. The molecule has 1 heterocycles. The van der Waals surface area contributed by atoms with Gasteiger partial charge in [0.2, 0.25) is 0 Å². The molecule has 0 saturated carbocycles. The molecule has 0 bridgehead atoms. The fourth-order valence-electron chi connectivity index (χ4n) is 1.16. The van der Waals surface area contributed by atoms with Crippen molar-refractivity contribution in [1.82, 2.24) is 4.98 Å². The lowest BCUT2D eigenvalue weighted by molar-refractivity contribution is -0.275. The van der Waals surface area contributed by atoms with E-state index in [0.717, 1.165) is 7.11 Å². The van der Waals surface area contributed by atoms with Crippen LogP contribution in [0.2, 0.25) is 0 Å². The number of ether oxygens (including phenoxy) is 2. The third-order valence-electron chi connectivity index (χ3n) is 1.74. The highest BCUT2D eigenvalue weighted by Gasteiger charge is 2.34.